The minimum Gasteiger partial charge on any atom is -0.388 e. The zero-order valence-corrected chi connectivity index (χ0v) is 17.9. The highest BCUT2D eigenvalue weighted by Crippen LogP contribution is 2.41. The number of nitrogens with zero attached hydrogens (tertiary/aromatic N) is 2. The Morgan fingerprint density at radius 3 is 2.74 bits per heavy atom. The van der Waals surface area contributed by atoms with Gasteiger partial charge in [0.1, 0.15) is 11.9 Å². The monoisotopic (exact) mass is 426 g/mol. The van der Waals surface area contributed by atoms with Crippen LogP contribution < -0.4 is 16.4 Å². The number of amides is 1. The second-order valence-electron chi connectivity index (χ2n) is 9.16. The van der Waals surface area contributed by atoms with Gasteiger partial charge in [0.15, 0.2) is 0 Å². The standard InChI is InChI=1S/C24H31FN4O2/c1-2-23(31)14-20(22(26)30)29(15-23)19-13-17(8-9-18(19)25)24(27,11-10-16-6-7-16)21-5-3-4-12-28-21/h3-5,8-9,12-13,16,20,31H,2,6-7,10-11,14-15,27H2,1H3,(H2,26,30)/t20-,23?,24?/m1/s1. The molecule has 1 saturated carbocycles. The first-order chi connectivity index (χ1) is 14.8. The molecular weight excluding hydrogens is 395 g/mol. The SMILES string of the molecule is CCC1(O)C[C@H](C(N)=O)N(c2cc(C(N)(CCC3CC3)c3ccccn3)ccc2F)C1. The lowest BCUT2D eigenvalue weighted by Crippen LogP contribution is -2.42. The van der Waals surface area contributed by atoms with Gasteiger partial charge >= 0.3 is 0 Å². The van der Waals surface area contributed by atoms with Crippen molar-refractivity contribution in [2.75, 3.05) is 11.4 Å². The predicted molar refractivity (Wildman–Crippen MR) is 118 cm³/mol. The summed E-state index contributed by atoms with van der Waals surface area (Å²) < 4.78 is 15.0. The highest BCUT2D eigenvalue weighted by atomic mass is 19.1. The van der Waals surface area contributed by atoms with Gasteiger partial charge in [-0.25, -0.2) is 4.39 Å². The Bertz CT molecular complexity index is 952. The van der Waals surface area contributed by atoms with Gasteiger partial charge in [-0.1, -0.05) is 31.9 Å². The number of β-amino-alcohol motifs (C(OH)–C–C–N with tert-alkyl or cyclic N) is 1. The molecule has 31 heavy (non-hydrogen) atoms. The van der Waals surface area contributed by atoms with Crippen LogP contribution in [-0.2, 0) is 10.3 Å². The fourth-order valence-corrected chi connectivity index (χ4v) is 4.62. The van der Waals surface area contributed by atoms with Gasteiger partial charge in [-0.3, -0.25) is 9.78 Å². The van der Waals surface area contributed by atoms with Crippen LogP contribution in [0, 0.1) is 11.7 Å². The Morgan fingerprint density at radius 1 is 1.35 bits per heavy atom. The maximum atomic E-state index is 15.0. The summed E-state index contributed by atoms with van der Waals surface area (Å²) in [6.45, 7) is 1.99. The van der Waals surface area contributed by atoms with Crippen LogP contribution in [0.2, 0.25) is 0 Å². The normalized spacial score (nSPS) is 25.4. The number of anilines is 1. The molecule has 6 nitrogen and oxygen atoms in total. The van der Waals surface area contributed by atoms with Crippen LogP contribution in [0.3, 0.4) is 0 Å². The third-order valence-corrected chi connectivity index (χ3v) is 6.94. The van der Waals surface area contributed by atoms with Gasteiger partial charge in [0.25, 0.3) is 0 Å². The van der Waals surface area contributed by atoms with E-state index in [2.05, 4.69) is 4.98 Å². The molecule has 0 radical (unpaired) electrons. The van der Waals surface area contributed by atoms with Gasteiger partial charge < -0.3 is 21.5 Å². The Labute approximate surface area is 182 Å². The van der Waals surface area contributed by atoms with E-state index in [0.29, 0.717) is 18.8 Å². The van der Waals surface area contributed by atoms with Gasteiger partial charge in [0.2, 0.25) is 5.91 Å². The van der Waals surface area contributed by atoms with E-state index in [1.807, 2.05) is 25.1 Å². The zero-order valence-electron chi connectivity index (χ0n) is 17.9. The average molecular weight is 427 g/mol. The molecule has 1 aliphatic carbocycles. The molecule has 2 aromatic rings. The van der Waals surface area contributed by atoms with Crippen molar-refractivity contribution in [3.63, 3.8) is 0 Å². The van der Waals surface area contributed by atoms with Gasteiger partial charge in [-0.2, -0.15) is 0 Å². The fourth-order valence-electron chi connectivity index (χ4n) is 4.62. The minimum atomic E-state index is -1.09. The maximum Gasteiger partial charge on any atom is 0.240 e. The average Bonchev–Trinajstić information content (AvgIpc) is 3.53. The van der Waals surface area contributed by atoms with Crippen molar-refractivity contribution in [2.24, 2.45) is 17.4 Å². The second-order valence-corrected chi connectivity index (χ2v) is 9.16. The summed E-state index contributed by atoms with van der Waals surface area (Å²) in [5.74, 6) is -0.364. The summed E-state index contributed by atoms with van der Waals surface area (Å²) in [4.78, 5) is 18.2. The van der Waals surface area contributed by atoms with E-state index in [1.54, 1.807) is 23.2 Å². The Balaban J connectivity index is 1.75. The third kappa shape index (κ3) is 4.29. The highest BCUT2D eigenvalue weighted by Gasteiger charge is 2.45. The summed E-state index contributed by atoms with van der Waals surface area (Å²) in [7, 11) is 0. The number of benzene rings is 1. The highest BCUT2D eigenvalue weighted by molar-refractivity contribution is 5.85. The van der Waals surface area contributed by atoms with Crippen LogP contribution in [-0.4, -0.2) is 34.2 Å². The van der Waals surface area contributed by atoms with Crippen LogP contribution >= 0.6 is 0 Å². The molecule has 7 heteroatoms. The van der Waals surface area contributed by atoms with Gasteiger partial charge in [0, 0.05) is 19.2 Å². The van der Waals surface area contributed by atoms with Crippen molar-refractivity contribution in [1.29, 1.82) is 0 Å². The van der Waals surface area contributed by atoms with Crippen molar-refractivity contribution < 1.29 is 14.3 Å². The smallest absolute Gasteiger partial charge is 0.240 e. The molecule has 2 aliphatic rings. The minimum absolute atomic E-state index is 0.140. The molecule has 3 atom stereocenters. The van der Waals surface area contributed by atoms with Gasteiger partial charge in [0.05, 0.1) is 22.5 Å². The van der Waals surface area contributed by atoms with Crippen molar-refractivity contribution in [1.82, 2.24) is 4.98 Å². The van der Waals surface area contributed by atoms with Crippen LogP contribution in [0.15, 0.2) is 42.6 Å². The van der Waals surface area contributed by atoms with Crippen molar-refractivity contribution >= 4 is 11.6 Å². The first-order valence-electron chi connectivity index (χ1n) is 11.0. The zero-order chi connectivity index (χ0) is 22.2. The Morgan fingerprint density at radius 2 is 2.13 bits per heavy atom. The maximum absolute atomic E-state index is 15.0. The molecule has 0 bridgehead atoms. The largest absolute Gasteiger partial charge is 0.388 e. The molecule has 1 aromatic heterocycles. The first kappa shape index (κ1) is 21.7. The number of hydrogen-bond donors (Lipinski definition) is 3. The molecule has 4 rings (SSSR count). The summed E-state index contributed by atoms with van der Waals surface area (Å²) in [5, 5.41) is 10.8. The van der Waals surface area contributed by atoms with E-state index in [-0.39, 0.29) is 18.7 Å². The number of pyridine rings is 1. The van der Waals surface area contributed by atoms with Gasteiger partial charge in [-0.15, -0.1) is 0 Å². The number of hydrogen-bond acceptors (Lipinski definition) is 5. The van der Waals surface area contributed by atoms with Crippen LogP contribution in [0.5, 0.6) is 0 Å². The quantitative estimate of drug-likeness (QED) is 0.602. The number of primary amides is 1. The van der Waals surface area contributed by atoms with E-state index in [1.165, 1.54) is 18.9 Å². The van der Waals surface area contributed by atoms with Crippen LogP contribution in [0.4, 0.5) is 10.1 Å². The van der Waals surface area contributed by atoms with E-state index in [9.17, 15) is 14.3 Å². The Hall–Kier alpha value is -2.51. The lowest BCUT2D eigenvalue weighted by molar-refractivity contribution is -0.119. The summed E-state index contributed by atoms with van der Waals surface area (Å²) in [5.41, 5.74) is 12.3. The van der Waals surface area contributed by atoms with Crippen molar-refractivity contribution in [2.45, 2.75) is 62.6 Å². The van der Waals surface area contributed by atoms with Gasteiger partial charge in [-0.05, 0) is 55.0 Å². The number of carbonyl (C=O) groups is 1. The molecule has 1 amide bonds. The first-order valence-corrected chi connectivity index (χ1v) is 11.0. The molecular formula is C24H31FN4O2. The second kappa shape index (κ2) is 8.20. The molecule has 2 heterocycles. The molecule has 2 fully saturated rings. The summed E-state index contributed by atoms with van der Waals surface area (Å²) >= 11 is 0. The van der Waals surface area contributed by atoms with Crippen LogP contribution in [0.25, 0.3) is 0 Å². The molecule has 1 aromatic carbocycles. The predicted octanol–water partition coefficient (Wildman–Crippen LogP) is 2.82. The molecule has 1 saturated heterocycles. The number of aromatic nitrogens is 1. The number of rotatable bonds is 8. The van der Waals surface area contributed by atoms with E-state index in [0.717, 1.165) is 17.7 Å². The van der Waals surface area contributed by atoms with E-state index < -0.39 is 28.9 Å². The lowest BCUT2D eigenvalue weighted by Gasteiger charge is -2.32. The molecule has 2 unspecified atom stereocenters. The number of carbonyl (C=O) groups excluding carboxylic acids is 1. The molecule has 0 spiro atoms. The topological polar surface area (TPSA) is 105 Å². The van der Waals surface area contributed by atoms with Crippen LogP contribution in [0.1, 0.15) is 56.7 Å². The van der Waals surface area contributed by atoms with E-state index in [4.69, 9.17) is 11.5 Å². The van der Waals surface area contributed by atoms with Crippen molar-refractivity contribution in [3.05, 3.63) is 59.7 Å². The molecule has 166 valence electrons. The lowest BCUT2D eigenvalue weighted by atomic mass is 9.82. The number of halogens is 1. The van der Waals surface area contributed by atoms with Crippen molar-refractivity contribution in [3.8, 4) is 0 Å². The number of aliphatic hydroxyl groups is 1. The molecule has 5 N–H and O–H groups in total. The Kier molecular flexibility index (Phi) is 5.75. The van der Waals surface area contributed by atoms with E-state index >= 15 is 0 Å². The molecule has 1 aliphatic heterocycles. The fraction of sp³-hybridized carbons (Fsp3) is 0.500. The number of nitrogens with two attached hydrogens (primary N) is 2. The summed E-state index contributed by atoms with van der Waals surface area (Å²) in [6.07, 6.45) is 6.44. The summed E-state index contributed by atoms with van der Waals surface area (Å²) in [6, 6.07) is 9.64. The third-order valence-electron chi connectivity index (χ3n) is 6.94.